The van der Waals surface area contributed by atoms with E-state index in [9.17, 15) is 61.0 Å². The number of carbonyl (C=O) groups excluding carboxylic acids is 1. The summed E-state index contributed by atoms with van der Waals surface area (Å²) in [5.74, 6) is -0.268. The first-order valence-electron chi connectivity index (χ1n) is 44.5. The molecule has 3 fully saturated rings. The molecule has 0 bridgehead atoms. The number of rotatable bonds is 72. The fraction of sp³-hybridized carbons (Fsp3) is 0.876. The van der Waals surface area contributed by atoms with Crippen molar-refractivity contribution in [1.29, 1.82) is 0 Å². The van der Waals surface area contributed by atoms with Crippen molar-refractivity contribution in [3.63, 3.8) is 0 Å². The Hall–Kier alpha value is -2.51. The predicted molar refractivity (Wildman–Crippen MR) is 434 cm³/mol. The number of nitrogens with one attached hydrogen (secondary N) is 1. The maximum absolute atomic E-state index is 13.5. The molecule has 3 aliphatic rings. The lowest BCUT2D eigenvalue weighted by molar-refractivity contribution is -0.379. The van der Waals surface area contributed by atoms with E-state index in [1.165, 1.54) is 270 Å². The van der Waals surface area contributed by atoms with Gasteiger partial charge in [-0.05, 0) is 57.8 Å². The van der Waals surface area contributed by atoms with Crippen molar-refractivity contribution in [1.82, 2.24) is 5.32 Å². The van der Waals surface area contributed by atoms with Crippen LogP contribution in [0.5, 0.6) is 0 Å². The number of aliphatic hydroxyl groups excluding tert-OH is 11. The molecule has 0 aromatic heterocycles. The summed E-state index contributed by atoms with van der Waals surface area (Å²) in [5, 5.41) is 121. The van der Waals surface area contributed by atoms with Crippen LogP contribution in [0, 0.1) is 0 Å². The van der Waals surface area contributed by atoms with E-state index in [2.05, 4.69) is 67.8 Å². The van der Waals surface area contributed by atoms with E-state index in [4.69, 9.17) is 28.4 Å². The van der Waals surface area contributed by atoms with Crippen LogP contribution in [-0.2, 0) is 33.2 Å². The highest BCUT2D eigenvalue weighted by atomic mass is 16.8. The second-order valence-corrected chi connectivity index (χ2v) is 31.7. The zero-order chi connectivity index (χ0) is 78.1. The van der Waals surface area contributed by atoms with E-state index in [1.54, 1.807) is 6.08 Å². The standard InChI is InChI=1S/C89H163NO18/c1-3-5-7-9-11-13-15-17-19-21-23-25-27-28-29-30-31-32-33-34-35-36-37-38-39-40-41-42-43-44-45-47-49-51-53-55-57-59-61-63-65-67-77(95)90-72(73(94)66-64-62-60-58-56-54-52-50-48-46-26-24-22-20-18-16-14-12-10-8-6-4-2)71-103-87-83(101)80(98)85(75(69-92)105-87)108-89-84(102)81(99)86(76(70-93)106-89)107-88-82(100)79(97)78(96)74(68-91)104-88/h5,7,11,13,17,19,23,25,64,66,72-76,78-89,91-94,96-102H,3-4,6,8-10,12,14-16,18,20-22,24,26-63,65,67-71H2,1-2H3,(H,90,95)/b7-5-,13-11-,19-17-,25-23-,66-64+. The van der Waals surface area contributed by atoms with Gasteiger partial charge in [-0.15, -0.1) is 0 Å². The Bertz CT molecular complexity index is 2180. The number of ether oxygens (including phenoxy) is 6. The first-order valence-corrected chi connectivity index (χ1v) is 44.5. The molecule has 0 spiro atoms. The third-order valence-corrected chi connectivity index (χ3v) is 22.1. The minimum absolute atomic E-state index is 0.247. The smallest absolute Gasteiger partial charge is 0.220 e. The Morgan fingerprint density at radius 3 is 1.00 bits per heavy atom. The second-order valence-electron chi connectivity index (χ2n) is 31.7. The summed E-state index contributed by atoms with van der Waals surface area (Å²) in [6.45, 7) is 1.68. The van der Waals surface area contributed by atoms with Crippen LogP contribution in [0.15, 0.2) is 60.8 Å². The molecule has 19 heteroatoms. The van der Waals surface area contributed by atoms with E-state index >= 15 is 0 Å². The minimum Gasteiger partial charge on any atom is -0.394 e. The lowest BCUT2D eigenvalue weighted by Crippen LogP contribution is -2.66. The van der Waals surface area contributed by atoms with Crippen molar-refractivity contribution in [3.05, 3.63) is 60.8 Å². The summed E-state index contributed by atoms with van der Waals surface area (Å²) in [5.41, 5.74) is 0. The molecule has 3 saturated heterocycles. The molecule has 0 saturated carbocycles. The molecule has 0 aliphatic carbocycles. The molecule has 19 nitrogen and oxygen atoms in total. The maximum atomic E-state index is 13.5. The second kappa shape index (κ2) is 68.9. The molecular weight excluding hydrogens is 1370 g/mol. The number of hydrogen-bond acceptors (Lipinski definition) is 18. The third kappa shape index (κ3) is 47.4. The highest BCUT2D eigenvalue weighted by molar-refractivity contribution is 5.76. The Kier molecular flexibility index (Phi) is 63.6. The van der Waals surface area contributed by atoms with Crippen LogP contribution in [0.25, 0.3) is 0 Å². The number of unbranched alkanes of at least 4 members (excludes halogenated alkanes) is 48. The monoisotopic (exact) mass is 1530 g/mol. The van der Waals surface area contributed by atoms with Gasteiger partial charge in [-0.25, -0.2) is 0 Å². The van der Waals surface area contributed by atoms with Gasteiger partial charge in [0.2, 0.25) is 5.91 Å². The number of aliphatic hydroxyl groups is 11. The van der Waals surface area contributed by atoms with E-state index in [1.807, 2.05) is 6.08 Å². The zero-order valence-corrected chi connectivity index (χ0v) is 68.1. The predicted octanol–water partition coefficient (Wildman–Crippen LogP) is 16.6. The average molecular weight is 1540 g/mol. The summed E-state index contributed by atoms with van der Waals surface area (Å²) < 4.78 is 34.5. The van der Waals surface area contributed by atoms with Crippen LogP contribution in [0.4, 0.5) is 0 Å². The third-order valence-electron chi connectivity index (χ3n) is 22.1. The van der Waals surface area contributed by atoms with Gasteiger partial charge in [0.15, 0.2) is 18.9 Å². The van der Waals surface area contributed by atoms with Crippen LogP contribution in [0.1, 0.15) is 367 Å². The number of carbonyl (C=O) groups is 1. The van der Waals surface area contributed by atoms with Crippen molar-refractivity contribution in [2.24, 2.45) is 0 Å². The Morgan fingerprint density at radius 1 is 0.343 bits per heavy atom. The van der Waals surface area contributed by atoms with Crippen LogP contribution >= 0.6 is 0 Å². The van der Waals surface area contributed by atoms with Gasteiger partial charge in [-0.3, -0.25) is 4.79 Å². The lowest BCUT2D eigenvalue weighted by atomic mass is 9.96. The normalized spacial score (nSPS) is 25.7. The highest BCUT2D eigenvalue weighted by Crippen LogP contribution is 2.34. The van der Waals surface area contributed by atoms with Gasteiger partial charge in [-0.2, -0.15) is 0 Å². The van der Waals surface area contributed by atoms with E-state index < -0.39 is 124 Å². The number of amides is 1. The van der Waals surface area contributed by atoms with Gasteiger partial charge in [0.1, 0.15) is 73.2 Å². The molecule has 3 heterocycles. The van der Waals surface area contributed by atoms with Crippen molar-refractivity contribution >= 4 is 5.91 Å². The summed E-state index contributed by atoms with van der Waals surface area (Å²) in [6.07, 6.45) is 63.8. The molecule has 632 valence electrons. The largest absolute Gasteiger partial charge is 0.394 e. The Balaban J connectivity index is 1.29. The summed E-state index contributed by atoms with van der Waals surface area (Å²) >= 11 is 0. The van der Waals surface area contributed by atoms with Gasteiger partial charge in [0.25, 0.3) is 0 Å². The van der Waals surface area contributed by atoms with E-state index in [0.717, 1.165) is 70.6 Å². The maximum Gasteiger partial charge on any atom is 0.220 e. The lowest BCUT2D eigenvalue weighted by Gasteiger charge is -2.48. The van der Waals surface area contributed by atoms with Gasteiger partial charge in [0.05, 0.1) is 38.6 Å². The average Bonchev–Trinajstić information content (AvgIpc) is 0.787. The van der Waals surface area contributed by atoms with Gasteiger partial charge in [0, 0.05) is 6.42 Å². The summed E-state index contributed by atoms with van der Waals surface area (Å²) in [4.78, 5) is 13.5. The molecule has 108 heavy (non-hydrogen) atoms. The topological polar surface area (TPSA) is 307 Å². The van der Waals surface area contributed by atoms with Crippen LogP contribution in [0.3, 0.4) is 0 Å². The Morgan fingerprint density at radius 2 is 0.639 bits per heavy atom. The van der Waals surface area contributed by atoms with Gasteiger partial charge in [-0.1, -0.05) is 364 Å². The summed E-state index contributed by atoms with van der Waals surface area (Å²) in [7, 11) is 0. The first kappa shape index (κ1) is 99.7. The van der Waals surface area contributed by atoms with Crippen molar-refractivity contribution in [3.8, 4) is 0 Å². The molecule has 0 aromatic carbocycles. The van der Waals surface area contributed by atoms with Gasteiger partial charge >= 0.3 is 0 Å². The first-order chi connectivity index (χ1) is 52.8. The SMILES string of the molecule is CC/C=C\C/C=C\C/C=C\C/C=C\CCCCCCCCCCCCCCCCCCCCCCCCCCCCCCC(=O)NC(COC1OC(CO)C(OC2OC(CO)C(OC3OC(CO)C(O)C(O)C3O)C(O)C2O)C(O)C1O)C(O)/C=C/CCCCCCCCCCCCCCCCCCCCCC. The highest BCUT2D eigenvalue weighted by Gasteiger charge is 2.54. The van der Waals surface area contributed by atoms with Crippen LogP contribution in [-0.4, -0.2) is 193 Å². The summed E-state index contributed by atoms with van der Waals surface area (Å²) in [6, 6.07) is -0.974. The fourth-order valence-corrected chi connectivity index (χ4v) is 15.0. The molecule has 0 radical (unpaired) electrons. The minimum atomic E-state index is -1.98. The molecule has 12 N–H and O–H groups in total. The molecular formula is C89H163NO18. The van der Waals surface area contributed by atoms with Crippen LogP contribution in [0.2, 0.25) is 0 Å². The molecule has 3 rings (SSSR count). The zero-order valence-electron chi connectivity index (χ0n) is 68.1. The number of hydrogen-bond donors (Lipinski definition) is 12. The van der Waals surface area contributed by atoms with E-state index in [0.29, 0.717) is 6.42 Å². The quantitative estimate of drug-likeness (QED) is 0.0199. The molecule has 3 aliphatic heterocycles. The van der Waals surface area contributed by atoms with Crippen molar-refractivity contribution in [2.75, 3.05) is 26.4 Å². The van der Waals surface area contributed by atoms with Crippen molar-refractivity contribution in [2.45, 2.75) is 471 Å². The molecule has 17 atom stereocenters. The number of allylic oxidation sites excluding steroid dienone is 9. The van der Waals surface area contributed by atoms with Crippen LogP contribution < -0.4 is 5.32 Å². The van der Waals surface area contributed by atoms with E-state index in [-0.39, 0.29) is 18.9 Å². The fourth-order valence-electron chi connectivity index (χ4n) is 15.0. The molecule has 1 amide bonds. The van der Waals surface area contributed by atoms with Gasteiger partial charge < -0.3 is 89.9 Å². The van der Waals surface area contributed by atoms with Crippen molar-refractivity contribution < 1.29 is 89.4 Å². The molecule has 17 unspecified atom stereocenters. The molecule has 0 aromatic rings. The Labute approximate surface area is 656 Å².